The third kappa shape index (κ3) is 2.73. The third-order valence-corrected chi connectivity index (χ3v) is 5.14. The van der Waals surface area contributed by atoms with Crippen molar-refractivity contribution in [3.63, 3.8) is 0 Å². The molecule has 5 heteroatoms. The lowest BCUT2D eigenvalue weighted by Crippen LogP contribution is -2.41. The van der Waals surface area contributed by atoms with Gasteiger partial charge in [-0.2, -0.15) is 4.39 Å². The first-order valence-electron chi connectivity index (χ1n) is 7.81. The van der Waals surface area contributed by atoms with Gasteiger partial charge < -0.3 is 9.31 Å². The molecule has 1 aliphatic heterocycles. The molecule has 3 rings (SSSR count). The van der Waals surface area contributed by atoms with Crippen LogP contribution in [-0.2, 0) is 9.31 Å². The molecule has 2 aliphatic rings. The molecular weight excluding hydrogens is 268 g/mol. The van der Waals surface area contributed by atoms with E-state index in [1.807, 2.05) is 33.8 Å². The summed E-state index contributed by atoms with van der Waals surface area (Å²) in [6, 6.07) is 3.39. The van der Waals surface area contributed by atoms with E-state index in [-0.39, 0.29) is 0 Å². The van der Waals surface area contributed by atoms with E-state index in [0.29, 0.717) is 5.92 Å². The van der Waals surface area contributed by atoms with E-state index >= 15 is 0 Å². The minimum absolute atomic E-state index is 0.377. The molecule has 0 aromatic carbocycles. The lowest BCUT2D eigenvalue weighted by molar-refractivity contribution is 0.00578. The Kier molecular flexibility index (Phi) is 3.61. The van der Waals surface area contributed by atoms with Crippen LogP contribution in [-0.4, -0.2) is 23.3 Å². The zero-order valence-corrected chi connectivity index (χ0v) is 13.3. The largest absolute Gasteiger partial charge is 0.495 e. The molecule has 0 atom stereocenters. The molecule has 3 nitrogen and oxygen atoms in total. The molecule has 0 bridgehead atoms. The molecule has 2 heterocycles. The number of nitrogens with zero attached hydrogens (tertiary/aromatic N) is 1. The van der Waals surface area contributed by atoms with Crippen molar-refractivity contribution < 1.29 is 13.7 Å². The number of rotatable bonds is 2. The number of hydrogen-bond donors (Lipinski definition) is 0. The monoisotopic (exact) mass is 291 g/mol. The number of halogens is 1. The van der Waals surface area contributed by atoms with Crippen LogP contribution >= 0.6 is 0 Å². The van der Waals surface area contributed by atoms with Crippen LogP contribution in [0, 0.1) is 5.95 Å². The van der Waals surface area contributed by atoms with Crippen molar-refractivity contribution in [2.75, 3.05) is 0 Å². The van der Waals surface area contributed by atoms with Crippen LogP contribution in [0.4, 0.5) is 4.39 Å². The summed E-state index contributed by atoms with van der Waals surface area (Å²) in [6.07, 6.45) is 4.60. The van der Waals surface area contributed by atoms with Crippen molar-refractivity contribution in [3.8, 4) is 0 Å². The van der Waals surface area contributed by atoms with E-state index in [9.17, 15) is 4.39 Å². The predicted molar refractivity (Wildman–Crippen MR) is 81.1 cm³/mol. The van der Waals surface area contributed by atoms with Gasteiger partial charge >= 0.3 is 7.12 Å². The van der Waals surface area contributed by atoms with Crippen LogP contribution in [0.3, 0.4) is 0 Å². The van der Waals surface area contributed by atoms with Gasteiger partial charge in [-0.3, -0.25) is 0 Å². The Morgan fingerprint density at radius 1 is 1.10 bits per heavy atom. The second kappa shape index (κ2) is 5.06. The second-order valence-corrected chi connectivity index (χ2v) is 7.22. The summed E-state index contributed by atoms with van der Waals surface area (Å²) in [5.41, 5.74) is 0.760. The highest BCUT2D eigenvalue weighted by molar-refractivity contribution is 6.62. The van der Waals surface area contributed by atoms with Crippen molar-refractivity contribution >= 4 is 12.6 Å². The maximum Gasteiger partial charge on any atom is 0.495 e. The van der Waals surface area contributed by atoms with Crippen LogP contribution in [0.5, 0.6) is 0 Å². The van der Waals surface area contributed by atoms with Gasteiger partial charge in [0.1, 0.15) is 0 Å². The van der Waals surface area contributed by atoms with Crippen molar-refractivity contribution in [3.05, 3.63) is 23.8 Å². The van der Waals surface area contributed by atoms with Crippen LogP contribution in [0.2, 0.25) is 0 Å². The Hall–Kier alpha value is -0.935. The molecule has 0 amide bonds. The first kappa shape index (κ1) is 15.0. The van der Waals surface area contributed by atoms with E-state index < -0.39 is 24.3 Å². The van der Waals surface area contributed by atoms with Crippen molar-refractivity contribution in [1.82, 2.24) is 4.98 Å². The fourth-order valence-electron chi connectivity index (χ4n) is 3.08. The van der Waals surface area contributed by atoms with Gasteiger partial charge in [0, 0.05) is 11.6 Å². The summed E-state index contributed by atoms with van der Waals surface area (Å²) in [7, 11) is -0.521. The molecule has 0 unspecified atom stereocenters. The Morgan fingerprint density at radius 2 is 1.67 bits per heavy atom. The van der Waals surface area contributed by atoms with Gasteiger partial charge in [-0.1, -0.05) is 12.8 Å². The van der Waals surface area contributed by atoms with E-state index in [0.717, 1.165) is 24.0 Å². The minimum atomic E-state index is -0.521. The van der Waals surface area contributed by atoms with Crippen LogP contribution in [0.25, 0.3) is 0 Å². The van der Waals surface area contributed by atoms with Crippen molar-refractivity contribution in [1.29, 1.82) is 0 Å². The predicted octanol–water partition coefficient (Wildman–Crippen LogP) is 3.18. The van der Waals surface area contributed by atoms with Gasteiger partial charge in [0.25, 0.3) is 0 Å². The highest BCUT2D eigenvalue weighted by Gasteiger charge is 2.51. The Labute approximate surface area is 126 Å². The molecule has 114 valence electrons. The topological polar surface area (TPSA) is 31.4 Å². The molecule has 1 aromatic heterocycles. The van der Waals surface area contributed by atoms with Gasteiger partial charge in [0.15, 0.2) is 0 Å². The van der Waals surface area contributed by atoms with Crippen LogP contribution in [0.1, 0.15) is 65.0 Å². The molecule has 1 aliphatic carbocycles. The van der Waals surface area contributed by atoms with Crippen molar-refractivity contribution in [2.24, 2.45) is 0 Å². The maximum absolute atomic E-state index is 13.9. The van der Waals surface area contributed by atoms with Crippen LogP contribution < -0.4 is 5.46 Å². The van der Waals surface area contributed by atoms with Crippen molar-refractivity contribution in [2.45, 2.75) is 70.5 Å². The first-order chi connectivity index (χ1) is 9.78. The fourth-order valence-corrected chi connectivity index (χ4v) is 3.08. The maximum atomic E-state index is 13.9. The molecule has 1 saturated heterocycles. The van der Waals surface area contributed by atoms with Gasteiger partial charge in [0.2, 0.25) is 5.95 Å². The zero-order valence-electron chi connectivity index (χ0n) is 13.3. The van der Waals surface area contributed by atoms with Crippen LogP contribution in [0.15, 0.2) is 12.1 Å². The smallest absolute Gasteiger partial charge is 0.399 e. The SMILES string of the molecule is CC1(C)OB(c2cc(F)nc(C3CCCC3)c2)OC1(C)C. The number of pyridine rings is 1. The van der Waals surface area contributed by atoms with Gasteiger partial charge in [0.05, 0.1) is 11.2 Å². The van der Waals surface area contributed by atoms with Gasteiger partial charge in [-0.05, 0) is 58.1 Å². The molecule has 1 saturated carbocycles. The molecule has 21 heavy (non-hydrogen) atoms. The van der Waals surface area contributed by atoms with E-state index in [1.165, 1.54) is 18.9 Å². The lowest BCUT2D eigenvalue weighted by Gasteiger charge is -2.32. The Balaban J connectivity index is 1.89. The molecule has 0 radical (unpaired) electrons. The first-order valence-corrected chi connectivity index (χ1v) is 7.81. The molecule has 1 aromatic rings. The summed E-state index contributed by atoms with van der Waals surface area (Å²) in [6.45, 7) is 8.01. The lowest BCUT2D eigenvalue weighted by atomic mass is 9.78. The summed E-state index contributed by atoms with van der Waals surface area (Å²) in [5, 5.41) is 0. The van der Waals surface area contributed by atoms with Gasteiger partial charge in [-0.25, -0.2) is 4.98 Å². The zero-order chi connectivity index (χ0) is 15.3. The average molecular weight is 291 g/mol. The third-order valence-electron chi connectivity index (χ3n) is 5.14. The average Bonchev–Trinajstić information content (AvgIpc) is 2.96. The Morgan fingerprint density at radius 3 is 2.24 bits per heavy atom. The normalized spacial score (nSPS) is 24.7. The summed E-state index contributed by atoms with van der Waals surface area (Å²) >= 11 is 0. The number of aromatic nitrogens is 1. The molecule has 2 fully saturated rings. The summed E-state index contributed by atoms with van der Waals surface area (Å²) < 4.78 is 25.9. The Bertz CT molecular complexity index is 525. The standard InChI is InChI=1S/C16H23BFNO2/c1-15(2)16(3,4)21-17(20-15)12-9-13(19-14(18)10-12)11-7-5-6-8-11/h9-11H,5-8H2,1-4H3. The molecule has 0 spiro atoms. The highest BCUT2D eigenvalue weighted by Crippen LogP contribution is 2.37. The minimum Gasteiger partial charge on any atom is -0.399 e. The fraction of sp³-hybridized carbons (Fsp3) is 0.688. The molecular formula is C16H23BFNO2. The van der Waals surface area contributed by atoms with Gasteiger partial charge in [-0.15, -0.1) is 0 Å². The second-order valence-electron chi connectivity index (χ2n) is 7.22. The number of hydrogen-bond acceptors (Lipinski definition) is 3. The van der Waals surface area contributed by atoms with E-state index in [2.05, 4.69) is 4.98 Å². The van der Waals surface area contributed by atoms with E-state index in [4.69, 9.17) is 9.31 Å². The van der Waals surface area contributed by atoms with E-state index in [1.54, 1.807) is 0 Å². The molecule has 0 N–H and O–H groups in total. The quantitative estimate of drug-likeness (QED) is 0.619. The highest BCUT2D eigenvalue weighted by atomic mass is 19.1. The summed E-state index contributed by atoms with van der Waals surface area (Å²) in [4.78, 5) is 4.08. The summed E-state index contributed by atoms with van der Waals surface area (Å²) in [5.74, 6) is -0.0639.